The quantitative estimate of drug-likeness (QED) is 0.447. The molecule has 19 heavy (non-hydrogen) atoms. The zero-order chi connectivity index (χ0) is 14.4. The second-order valence-corrected chi connectivity index (χ2v) is 5.15. The lowest BCUT2D eigenvalue weighted by Crippen LogP contribution is -2.31. The molecule has 0 saturated heterocycles. The third-order valence-corrected chi connectivity index (χ3v) is 3.03. The van der Waals surface area contributed by atoms with Crippen molar-refractivity contribution in [3.05, 3.63) is 28.1 Å². The minimum atomic E-state index is -0.573. The molecule has 2 N–H and O–H groups in total. The number of nitrogens with one attached hydrogen (secondary N) is 2. The van der Waals surface area contributed by atoms with Crippen molar-refractivity contribution in [1.29, 1.82) is 0 Å². The highest BCUT2D eigenvalue weighted by Gasteiger charge is 2.14. The summed E-state index contributed by atoms with van der Waals surface area (Å²) in [6.07, 6.45) is 1.17. The fourth-order valence-electron chi connectivity index (χ4n) is 1.33. The number of ketones is 1. The Bertz CT molecular complexity index is 484. The Kier molecular flexibility index (Phi) is 5.56. The first kappa shape index (κ1) is 15.2. The number of rotatable bonds is 7. The maximum absolute atomic E-state index is 11.7. The standard InChI is InChI=1S/C11H15N3O4S/c1-7(2)13-11(16)6-19-5-10(15)9-3-8(4-12-9)14(17)18/h3-4,7,12H,5-6H2,1-2H3,(H,13,16). The summed E-state index contributed by atoms with van der Waals surface area (Å²) in [7, 11) is 0. The van der Waals surface area contributed by atoms with Crippen molar-refractivity contribution in [2.24, 2.45) is 0 Å². The number of aromatic nitrogens is 1. The van der Waals surface area contributed by atoms with Crippen molar-refractivity contribution in [2.75, 3.05) is 11.5 Å². The van der Waals surface area contributed by atoms with Crippen LogP contribution in [0.2, 0.25) is 0 Å². The molecule has 0 aliphatic rings. The van der Waals surface area contributed by atoms with Gasteiger partial charge in [0.05, 0.1) is 28.3 Å². The molecule has 1 aromatic rings. The topological polar surface area (TPSA) is 105 Å². The maximum Gasteiger partial charge on any atom is 0.287 e. The first-order valence-electron chi connectivity index (χ1n) is 5.63. The molecule has 1 heterocycles. The van der Waals surface area contributed by atoms with Gasteiger partial charge in [-0.25, -0.2) is 0 Å². The van der Waals surface area contributed by atoms with Gasteiger partial charge in [-0.2, -0.15) is 0 Å². The van der Waals surface area contributed by atoms with Gasteiger partial charge in [0.2, 0.25) is 5.91 Å². The molecule has 1 rings (SSSR count). The van der Waals surface area contributed by atoms with Crippen LogP contribution in [-0.4, -0.2) is 39.1 Å². The van der Waals surface area contributed by atoms with Gasteiger partial charge in [0.1, 0.15) is 0 Å². The van der Waals surface area contributed by atoms with E-state index in [2.05, 4.69) is 10.3 Å². The van der Waals surface area contributed by atoms with Crippen molar-refractivity contribution in [2.45, 2.75) is 19.9 Å². The number of carbonyl (C=O) groups excluding carboxylic acids is 2. The summed E-state index contributed by atoms with van der Waals surface area (Å²) in [6, 6.07) is 1.26. The Morgan fingerprint density at radius 3 is 2.68 bits per heavy atom. The molecular formula is C11H15N3O4S. The van der Waals surface area contributed by atoms with Crippen molar-refractivity contribution >= 4 is 29.1 Å². The molecule has 8 heteroatoms. The molecule has 0 spiro atoms. The van der Waals surface area contributed by atoms with Crippen molar-refractivity contribution in [3.63, 3.8) is 0 Å². The van der Waals surface area contributed by atoms with Crippen LogP contribution in [0.15, 0.2) is 12.3 Å². The van der Waals surface area contributed by atoms with Gasteiger partial charge in [-0.3, -0.25) is 19.7 Å². The predicted molar refractivity (Wildman–Crippen MR) is 72.4 cm³/mol. The Labute approximate surface area is 114 Å². The van der Waals surface area contributed by atoms with Gasteiger partial charge in [0.15, 0.2) is 5.78 Å². The lowest BCUT2D eigenvalue weighted by atomic mass is 10.3. The van der Waals surface area contributed by atoms with Crippen LogP contribution in [0.3, 0.4) is 0 Å². The zero-order valence-electron chi connectivity index (χ0n) is 10.6. The molecule has 104 valence electrons. The van der Waals surface area contributed by atoms with Crippen LogP contribution < -0.4 is 5.32 Å². The van der Waals surface area contributed by atoms with E-state index in [4.69, 9.17) is 0 Å². The van der Waals surface area contributed by atoms with Gasteiger partial charge in [0.25, 0.3) is 5.69 Å². The molecule has 0 atom stereocenters. The predicted octanol–water partition coefficient (Wildman–Crippen LogP) is 1.36. The largest absolute Gasteiger partial charge is 0.353 e. The molecule has 1 amide bonds. The second-order valence-electron chi connectivity index (χ2n) is 4.17. The van der Waals surface area contributed by atoms with E-state index < -0.39 is 4.92 Å². The lowest BCUT2D eigenvalue weighted by Gasteiger charge is -2.07. The molecular weight excluding hydrogens is 270 g/mol. The summed E-state index contributed by atoms with van der Waals surface area (Å²) in [4.78, 5) is 35.4. The molecule has 7 nitrogen and oxygen atoms in total. The summed E-state index contributed by atoms with van der Waals surface area (Å²) >= 11 is 1.17. The summed E-state index contributed by atoms with van der Waals surface area (Å²) in [6.45, 7) is 3.71. The van der Waals surface area contributed by atoms with Gasteiger partial charge in [0, 0.05) is 12.1 Å². The van der Waals surface area contributed by atoms with Crippen LogP contribution in [0, 0.1) is 10.1 Å². The summed E-state index contributed by atoms with van der Waals surface area (Å²) in [5.41, 5.74) is 0.0365. The van der Waals surface area contributed by atoms with Crippen LogP contribution in [-0.2, 0) is 4.79 Å². The van der Waals surface area contributed by atoms with Gasteiger partial charge >= 0.3 is 0 Å². The van der Waals surface area contributed by atoms with E-state index in [1.807, 2.05) is 13.8 Å². The smallest absolute Gasteiger partial charge is 0.287 e. The molecule has 0 bridgehead atoms. The van der Waals surface area contributed by atoms with Crippen LogP contribution in [0.5, 0.6) is 0 Å². The second kappa shape index (κ2) is 6.93. The van der Waals surface area contributed by atoms with E-state index >= 15 is 0 Å². The molecule has 0 fully saturated rings. The molecule has 0 aliphatic carbocycles. The van der Waals surface area contributed by atoms with Crippen molar-refractivity contribution in [3.8, 4) is 0 Å². The average molecular weight is 285 g/mol. The van der Waals surface area contributed by atoms with E-state index in [-0.39, 0.29) is 40.6 Å². The molecule has 0 aromatic carbocycles. The maximum atomic E-state index is 11.7. The van der Waals surface area contributed by atoms with E-state index in [0.717, 1.165) is 0 Å². The fourth-order valence-corrected chi connectivity index (χ4v) is 2.04. The zero-order valence-corrected chi connectivity index (χ0v) is 11.5. The van der Waals surface area contributed by atoms with Crippen molar-refractivity contribution < 1.29 is 14.5 Å². The van der Waals surface area contributed by atoms with Gasteiger partial charge in [-0.1, -0.05) is 0 Å². The number of carbonyl (C=O) groups is 2. The van der Waals surface area contributed by atoms with Gasteiger partial charge in [-0.05, 0) is 13.8 Å². The number of hydrogen-bond donors (Lipinski definition) is 2. The molecule has 0 aliphatic heterocycles. The van der Waals surface area contributed by atoms with E-state index in [1.165, 1.54) is 24.0 Å². The average Bonchev–Trinajstić information content (AvgIpc) is 2.76. The molecule has 0 unspecified atom stereocenters. The van der Waals surface area contributed by atoms with Crippen LogP contribution in [0.25, 0.3) is 0 Å². The molecule has 0 saturated carbocycles. The van der Waals surface area contributed by atoms with E-state index in [1.54, 1.807) is 0 Å². The number of Topliss-reactive ketones (excluding diaryl/α,β-unsaturated/α-hetero) is 1. The summed E-state index contributed by atoms with van der Waals surface area (Å²) in [5, 5.41) is 13.2. The Morgan fingerprint density at radius 1 is 1.47 bits per heavy atom. The lowest BCUT2D eigenvalue weighted by molar-refractivity contribution is -0.384. The van der Waals surface area contributed by atoms with Gasteiger partial charge in [-0.15, -0.1) is 11.8 Å². The third kappa shape index (κ3) is 5.12. The molecule has 1 aromatic heterocycles. The Morgan fingerprint density at radius 2 is 2.16 bits per heavy atom. The first-order valence-corrected chi connectivity index (χ1v) is 6.78. The fraction of sp³-hybridized carbons (Fsp3) is 0.455. The third-order valence-electron chi connectivity index (χ3n) is 2.09. The van der Waals surface area contributed by atoms with Crippen LogP contribution >= 0.6 is 11.8 Å². The first-order chi connectivity index (χ1) is 8.90. The SMILES string of the molecule is CC(C)NC(=O)CSCC(=O)c1cc([N+](=O)[O-])c[nH]1. The monoisotopic (exact) mass is 285 g/mol. The Hall–Kier alpha value is -1.83. The number of nitro groups is 1. The highest BCUT2D eigenvalue weighted by atomic mass is 32.2. The number of nitrogens with zero attached hydrogens (tertiary/aromatic N) is 1. The van der Waals surface area contributed by atoms with Crippen LogP contribution in [0.4, 0.5) is 5.69 Å². The number of H-pyrrole nitrogens is 1. The number of thioether (sulfide) groups is 1. The Balaban J connectivity index is 2.39. The summed E-state index contributed by atoms with van der Waals surface area (Å²) in [5.74, 6) is -0.115. The summed E-state index contributed by atoms with van der Waals surface area (Å²) < 4.78 is 0. The molecule has 0 radical (unpaired) electrons. The minimum Gasteiger partial charge on any atom is -0.353 e. The highest BCUT2D eigenvalue weighted by molar-refractivity contribution is 8.00. The van der Waals surface area contributed by atoms with E-state index in [0.29, 0.717) is 0 Å². The van der Waals surface area contributed by atoms with Gasteiger partial charge < -0.3 is 10.3 Å². The minimum absolute atomic E-state index is 0.0647. The normalized spacial score (nSPS) is 10.5. The van der Waals surface area contributed by atoms with Crippen LogP contribution in [0.1, 0.15) is 24.3 Å². The number of hydrogen-bond acceptors (Lipinski definition) is 5. The number of aromatic amines is 1. The highest BCUT2D eigenvalue weighted by Crippen LogP contribution is 2.14. The van der Waals surface area contributed by atoms with E-state index in [9.17, 15) is 19.7 Å². The number of amides is 1. The van der Waals surface area contributed by atoms with Crippen molar-refractivity contribution in [1.82, 2.24) is 10.3 Å².